The molecule has 0 amide bonds. The first-order chi connectivity index (χ1) is 62.0. The van der Waals surface area contributed by atoms with Crippen molar-refractivity contribution in [1.82, 2.24) is 48.2 Å². The van der Waals surface area contributed by atoms with Crippen molar-refractivity contribution in [3.05, 3.63) is 461 Å². The molecule has 24 rings (SSSR count). The number of rotatable bonds is 15. The highest BCUT2D eigenvalue weighted by Crippen LogP contribution is 2.42. The van der Waals surface area contributed by atoms with Crippen LogP contribution in [0.3, 0.4) is 0 Å². The molecular weight excluding hydrogens is 1540 g/mol. The predicted molar refractivity (Wildman–Crippen MR) is 519 cm³/mol. The lowest BCUT2D eigenvalue weighted by Gasteiger charge is -2.34. The van der Waals surface area contributed by atoms with Crippen molar-refractivity contribution in [2.75, 3.05) is 0 Å². The van der Waals surface area contributed by atoms with Gasteiger partial charge in [-0.25, -0.2) is 9.97 Å². The Hall–Kier alpha value is -16.6. The van der Waals surface area contributed by atoms with Crippen LogP contribution in [0.5, 0.6) is 0 Å². The fourth-order valence-electron chi connectivity index (χ4n) is 18.8. The van der Waals surface area contributed by atoms with Gasteiger partial charge in [-0.2, -0.15) is 19.9 Å². The second-order valence-electron chi connectivity index (χ2n) is 31.7. The Morgan fingerprint density at radius 1 is 0.144 bits per heavy atom. The molecule has 0 atom stereocenters. The van der Waals surface area contributed by atoms with Crippen LogP contribution in [-0.4, -0.2) is 56.2 Å². The van der Waals surface area contributed by atoms with Crippen molar-refractivity contribution in [3.63, 3.8) is 0 Å². The Kier molecular flexibility index (Phi) is 18.4. The van der Waals surface area contributed by atoms with Crippen LogP contribution in [0.15, 0.2) is 461 Å². The highest BCUT2D eigenvalue weighted by Gasteiger charge is 2.42. The van der Waals surface area contributed by atoms with Crippen LogP contribution < -0.4 is 20.7 Å². The number of para-hydroxylation sites is 6. The molecule has 125 heavy (non-hydrogen) atoms. The Morgan fingerprint density at radius 2 is 0.384 bits per heavy atom. The maximum Gasteiger partial charge on any atom is 0.238 e. The molecule has 10 nitrogen and oxygen atoms in total. The van der Waals surface area contributed by atoms with Gasteiger partial charge in [0.05, 0.1) is 44.1 Å². The van der Waals surface area contributed by atoms with Crippen LogP contribution in [0.25, 0.3) is 189 Å². The Morgan fingerprint density at radius 3 is 0.744 bits per heavy atom. The minimum atomic E-state index is -2.84. The zero-order valence-electron chi connectivity index (χ0n) is 67.9. The molecule has 0 saturated heterocycles. The van der Waals surface area contributed by atoms with E-state index in [0.717, 1.165) is 105 Å². The van der Waals surface area contributed by atoms with E-state index in [4.69, 9.17) is 29.9 Å². The summed E-state index contributed by atoms with van der Waals surface area (Å²) in [6.07, 6.45) is 0. The van der Waals surface area contributed by atoms with Crippen molar-refractivity contribution in [2.24, 2.45) is 0 Å². The van der Waals surface area contributed by atoms with Gasteiger partial charge in [0, 0.05) is 76.7 Å². The predicted octanol–water partition coefficient (Wildman–Crippen LogP) is 25.2. The summed E-state index contributed by atoms with van der Waals surface area (Å²) in [6, 6.07) is 164. The smallest absolute Gasteiger partial charge is 0.238 e. The van der Waals surface area contributed by atoms with Gasteiger partial charge in [-0.3, -0.25) is 9.13 Å². The van der Waals surface area contributed by atoms with Crippen molar-refractivity contribution >= 4 is 116 Å². The van der Waals surface area contributed by atoms with Gasteiger partial charge in [-0.15, -0.1) is 0 Å². The molecule has 11 heteroatoms. The molecule has 6 aromatic heterocycles. The van der Waals surface area contributed by atoms with Crippen LogP contribution in [-0.2, 0) is 0 Å². The summed E-state index contributed by atoms with van der Waals surface area (Å²) in [7, 11) is -2.84. The third kappa shape index (κ3) is 13.0. The zero-order valence-corrected chi connectivity index (χ0v) is 68.9. The van der Waals surface area contributed by atoms with Crippen molar-refractivity contribution in [3.8, 4) is 102 Å². The van der Waals surface area contributed by atoms with Gasteiger partial charge in [0.25, 0.3) is 0 Å². The van der Waals surface area contributed by atoms with E-state index < -0.39 is 8.07 Å². The van der Waals surface area contributed by atoms with E-state index in [1.807, 2.05) is 42.5 Å². The van der Waals surface area contributed by atoms with Crippen LogP contribution >= 0.6 is 0 Å². The second-order valence-corrected chi connectivity index (χ2v) is 35.5. The molecule has 586 valence electrons. The van der Waals surface area contributed by atoms with Crippen LogP contribution in [0.1, 0.15) is 0 Å². The molecule has 0 saturated carbocycles. The van der Waals surface area contributed by atoms with Gasteiger partial charge in [0.2, 0.25) is 11.9 Å². The number of nitrogens with zero attached hydrogens (tertiary/aromatic N) is 10. The summed E-state index contributed by atoms with van der Waals surface area (Å²) in [5.74, 6) is 3.62. The molecule has 0 radical (unpaired) electrons. The largest absolute Gasteiger partial charge is 0.309 e. The fourth-order valence-corrected chi connectivity index (χ4v) is 23.6. The molecule has 0 spiro atoms. The van der Waals surface area contributed by atoms with Crippen molar-refractivity contribution in [2.45, 2.75) is 0 Å². The third-order valence-corrected chi connectivity index (χ3v) is 29.3. The maximum atomic E-state index is 5.44. The van der Waals surface area contributed by atoms with Gasteiger partial charge in [-0.1, -0.05) is 358 Å². The minimum Gasteiger partial charge on any atom is -0.309 e. The Bertz CT molecular complexity index is 8100. The number of hydrogen-bond acceptors (Lipinski definition) is 6. The topological polar surface area (TPSA) is 97.1 Å². The van der Waals surface area contributed by atoms with E-state index in [0.29, 0.717) is 35.2 Å². The van der Waals surface area contributed by atoms with Crippen LogP contribution in [0.2, 0.25) is 0 Å². The molecule has 0 aliphatic heterocycles. The summed E-state index contributed by atoms with van der Waals surface area (Å²) in [6.45, 7) is 0. The van der Waals surface area contributed by atoms with Crippen LogP contribution in [0.4, 0.5) is 0 Å². The number of fused-ring (bicyclic) bond motifs is 12. The summed E-state index contributed by atoms with van der Waals surface area (Å²) in [5.41, 5.74) is 21.8. The second kappa shape index (κ2) is 31.2. The SMILES string of the molecule is c1ccc(-c2cccc(-c3nc(-c4ccccc4)nc(-n4c5ccccc5c5cc(-c6ccc7c(c6)c6ccccc6n7-c6ccccc6)ccc54)n3)c2)cc1.c1ccc(-c2nc(-c3cccc([Si](c4ccccc4)(c4ccccc4)c4ccccc4)c3)nc(-n3c4ccccc4c4cc(-c5ccc6c(c5)c5ccccc5n6-c5ccccc5)ccc43)n2)cc1. The summed E-state index contributed by atoms with van der Waals surface area (Å²) in [5, 5.41) is 14.6. The van der Waals surface area contributed by atoms with Gasteiger partial charge < -0.3 is 9.13 Å². The van der Waals surface area contributed by atoms with E-state index >= 15 is 0 Å². The molecule has 0 aliphatic carbocycles. The molecule has 0 aliphatic rings. The average molecular weight is 1610 g/mol. The normalized spacial score (nSPS) is 11.7. The molecule has 6 heterocycles. The van der Waals surface area contributed by atoms with Crippen molar-refractivity contribution in [1.29, 1.82) is 0 Å². The molecular formula is C114H76N10Si. The van der Waals surface area contributed by atoms with E-state index in [-0.39, 0.29) is 0 Å². The lowest BCUT2D eigenvalue weighted by Crippen LogP contribution is -2.74. The first-order valence-electron chi connectivity index (χ1n) is 42.3. The third-order valence-electron chi connectivity index (χ3n) is 24.5. The molecule has 0 bridgehead atoms. The summed E-state index contributed by atoms with van der Waals surface area (Å²) in [4.78, 5) is 31.5. The van der Waals surface area contributed by atoms with Gasteiger partial charge in [0.1, 0.15) is 0 Å². The fraction of sp³-hybridized carbons (Fsp3) is 0. The summed E-state index contributed by atoms with van der Waals surface area (Å²) >= 11 is 0. The zero-order chi connectivity index (χ0) is 82.7. The number of hydrogen-bond donors (Lipinski definition) is 0. The highest BCUT2D eigenvalue weighted by atomic mass is 28.3. The first-order valence-corrected chi connectivity index (χ1v) is 44.3. The average Bonchev–Trinajstić information content (AvgIpc) is 1.19. The van der Waals surface area contributed by atoms with E-state index in [9.17, 15) is 0 Å². The van der Waals surface area contributed by atoms with E-state index in [2.05, 4.69) is 437 Å². The lowest BCUT2D eigenvalue weighted by atomic mass is 10.0. The van der Waals surface area contributed by atoms with Crippen molar-refractivity contribution < 1.29 is 0 Å². The van der Waals surface area contributed by atoms with E-state index in [1.54, 1.807) is 0 Å². The lowest BCUT2D eigenvalue weighted by molar-refractivity contribution is 0.953. The number of aromatic nitrogens is 10. The minimum absolute atomic E-state index is 0.566. The van der Waals surface area contributed by atoms with E-state index in [1.165, 1.54) is 69.9 Å². The van der Waals surface area contributed by atoms with Gasteiger partial charge in [0.15, 0.2) is 31.4 Å². The molecule has 24 aromatic rings. The molecule has 0 N–H and O–H groups in total. The standard InChI is InChI=1S/C63H43N5Si.C51H33N5/c1-6-21-44(22-7-1)61-64-62(47-23-20-32-52(41-47)69(49-26-10-3-11-27-49,50-28-12-4-13-29-50)51-30-14-5-15-31-51)66-63(65-61)68-58-36-19-17-34-54(58)56-43-46(38-40-60(56)68)45-37-39-59-55(42-45)53-33-16-18-35-57(53)67(59)48-24-8-2-9-25-48;1-4-15-34(16-5-1)36-19-14-20-39(31-36)50-52-49(35-17-6-2-7-18-35)53-51(54-50)56-46-26-13-11-24-42(46)44-33-38(28-30-48(44)56)37-27-29-47-43(32-37)41-23-10-12-25-45(41)55(47)40-21-8-3-9-22-40/h1-43H;1-33H. The van der Waals surface area contributed by atoms with Crippen LogP contribution in [0, 0.1) is 0 Å². The molecule has 18 aromatic carbocycles. The Balaban J connectivity index is 0.000000147. The maximum absolute atomic E-state index is 5.44. The molecule has 0 unspecified atom stereocenters. The molecule has 0 fully saturated rings. The highest BCUT2D eigenvalue weighted by molar-refractivity contribution is 7.20. The monoisotopic (exact) mass is 1610 g/mol. The van der Waals surface area contributed by atoms with Gasteiger partial charge in [-0.05, 0) is 157 Å². The van der Waals surface area contributed by atoms with Gasteiger partial charge >= 0.3 is 0 Å². The quantitative estimate of drug-likeness (QED) is 0.0749. The Labute approximate surface area is 722 Å². The number of benzene rings is 18. The summed E-state index contributed by atoms with van der Waals surface area (Å²) < 4.78 is 9.12. The first kappa shape index (κ1) is 73.5.